The summed E-state index contributed by atoms with van der Waals surface area (Å²) in [5.41, 5.74) is 9.14. The van der Waals surface area contributed by atoms with Crippen LogP contribution >= 0.6 is 11.6 Å². The number of rotatable bonds is 6. The number of nitrogens with zero attached hydrogens (tertiary/aromatic N) is 3. The highest BCUT2D eigenvalue weighted by atomic mass is 35.5. The van der Waals surface area contributed by atoms with E-state index in [0.29, 0.717) is 5.96 Å². The standard InChI is InChI=1S/C20H22ClN5O/c1-26(10-9-14-3-5-16(21)6-4-14)20(22)25-24-13-15-12-23-19-8-7-17(27-2)11-18(15)19/h3-8,11-13,23H,9-10H2,1-2H3,(H2,22,25)/b24-13+. The normalized spacial score (nSPS) is 12.0. The van der Waals surface area contributed by atoms with Crippen molar-refractivity contribution in [3.05, 3.63) is 64.8 Å². The first-order chi connectivity index (χ1) is 13.1. The zero-order chi connectivity index (χ0) is 19.2. The third-order valence-corrected chi connectivity index (χ3v) is 4.57. The Morgan fingerprint density at radius 3 is 2.78 bits per heavy atom. The van der Waals surface area contributed by atoms with E-state index < -0.39 is 0 Å². The van der Waals surface area contributed by atoms with Crippen molar-refractivity contribution in [2.45, 2.75) is 6.42 Å². The maximum absolute atomic E-state index is 6.02. The number of H-pyrrole nitrogens is 1. The molecule has 0 atom stereocenters. The zero-order valence-corrected chi connectivity index (χ0v) is 16.1. The number of hydrogen-bond acceptors (Lipinski definition) is 3. The van der Waals surface area contributed by atoms with Gasteiger partial charge in [0.25, 0.3) is 0 Å². The molecule has 27 heavy (non-hydrogen) atoms. The minimum atomic E-state index is 0.359. The highest BCUT2D eigenvalue weighted by Gasteiger charge is 2.04. The smallest absolute Gasteiger partial charge is 0.216 e. The van der Waals surface area contributed by atoms with Crippen molar-refractivity contribution in [3.63, 3.8) is 0 Å². The summed E-state index contributed by atoms with van der Waals surface area (Å²) in [4.78, 5) is 5.06. The van der Waals surface area contributed by atoms with Crippen LogP contribution in [0.4, 0.5) is 0 Å². The number of nitrogens with two attached hydrogens (primary N) is 1. The Bertz CT molecular complexity index is 962. The molecule has 140 valence electrons. The Morgan fingerprint density at radius 1 is 1.26 bits per heavy atom. The fourth-order valence-electron chi connectivity index (χ4n) is 2.64. The molecular weight excluding hydrogens is 362 g/mol. The van der Waals surface area contributed by atoms with E-state index in [1.165, 1.54) is 5.56 Å². The van der Waals surface area contributed by atoms with Gasteiger partial charge in [-0.1, -0.05) is 23.7 Å². The van der Waals surface area contributed by atoms with Gasteiger partial charge < -0.3 is 20.4 Å². The van der Waals surface area contributed by atoms with E-state index in [9.17, 15) is 0 Å². The van der Waals surface area contributed by atoms with Gasteiger partial charge in [-0.2, -0.15) is 5.10 Å². The molecule has 6 nitrogen and oxygen atoms in total. The van der Waals surface area contributed by atoms with Crippen LogP contribution in [0.25, 0.3) is 10.9 Å². The maximum Gasteiger partial charge on any atom is 0.216 e. The molecule has 3 N–H and O–H groups in total. The number of likely N-dealkylation sites (N-methyl/N-ethyl adjacent to an activating group) is 1. The molecule has 1 heterocycles. The Morgan fingerprint density at radius 2 is 2.04 bits per heavy atom. The summed E-state index contributed by atoms with van der Waals surface area (Å²) >= 11 is 5.90. The molecule has 3 aromatic rings. The average Bonchev–Trinajstić information content (AvgIpc) is 3.09. The fourth-order valence-corrected chi connectivity index (χ4v) is 2.77. The second-order valence-electron chi connectivity index (χ2n) is 6.16. The molecule has 2 aromatic carbocycles. The van der Waals surface area contributed by atoms with Gasteiger partial charge in [0.15, 0.2) is 0 Å². The molecule has 0 aliphatic heterocycles. The number of guanidine groups is 1. The Kier molecular flexibility index (Phi) is 5.98. The highest BCUT2D eigenvalue weighted by Crippen LogP contribution is 2.22. The van der Waals surface area contributed by atoms with Crippen LogP contribution in [-0.4, -0.2) is 42.8 Å². The van der Waals surface area contributed by atoms with Gasteiger partial charge in [-0.25, -0.2) is 0 Å². The number of halogens is 1. The number of aromatic nitrogens is 1. The van der Waals surface area contributed by atoms with Crippen molar-refractivity contribution >= 4 is 34.7 Å². The molecule has 0 saturated heterocycles. The lowest BCUT2D eigenvalue weighted by Gasteiger charge is -2.16. The van der Waals surface area contributed by atoms with Gasteiger partial charge in [0.2, 0.25) is 5.96 Å². The van der Waals surface area contributed by atoms with Crippen molar-refractivity contribution < 1.29 is 4.74 Å². The zero-order valence-electron chi connectivity index (χ0n) is 15.3. The summed E-state index contributed by atoms with van der Waals surface area (Å²) in [7, 11) is 3.53. The van der Waals surface area contributed by atoms with Crippen LogP contribution in [0.5, 0.6) is 5.75 Å². The summed E-state index contributed by atoms with van der Waals surface area (Å²) in [5.74, 6) is 1.15. The second kappa shape index (κ2) is 8.60. The summed E-state index contributed by atoms with van der Waals surface area (Å²) in [6.07, 6.45) is 4.40. The number of aromatic amines is 1. The molecule has 1 aromatic heterocycles. The van der Waals surface area contributed by atoms with Crippen LogP contribution in [0, 0.1) is 0 Å². The molecule has 0 amide bonds. The number of benzene rings is 2. The van der Waals surface area contributed by atoms with Gasteiger partial charge in [0.05, 0.1) is 13.3 Å². The Labute approximate surface area is 163 Å². The lowest BCUT2D eigenvalue weighted by Crippen LogP contribution is -2.35. The van der Waals surface area contributed by atoms with Gasteiger partial charge >= 0.3 is 0 Å². The first-order valence-corrected chi connectivity index (χ1v) is 8.92. The Hall–Kier alpha value is -2.99. The average molecular weight is 384 g/mol. The van der Waals surface area contributed by atoms with Gasteiger partial charge in [-0.3, -0.25) is 0 Å². The first-order valence-electron chi connectivity index (χ1n) is 8.54. The van der Waals surface area contributed by atoms with E-state index >= 15 is 0 Å². The quantitative estimate of drug-likeness (QED) is 0.387. The van der Waals surface area contributed by atoms with Crippen LogP contribution in [0.1, 0.15) is 11.1 Å². The van der Waals surface area contributed by atoms with E-state index in [-0.39, 0.29) is 0 Å². The van der Waals surface area contributed by atoms with E-state index in [2.05, 4.69) is 15.2 Å². The minimum Gasteiger partial charge on any atom is -0.497 e. The van der Waals surface area contributed by atoms with E-state index in [1.807, 2.05) is 60.6 Å². The number of hydrogen-bond donors (Lipinski definition) is 2. The number of nitrogens with one attached hydrogen (secondary N) is 1. The van der Waals surface area contributed by atoms with Crippen molar-refractivity contribution in [3.8, 4) is 5.75 Å². The van der Waals surface area contributed by atoms with Crippen molar-refractivity contribution in [2.75, 3.05) is 20.7 Å². The summed E-state index contributed by atoms with van der Waals surface area (Å²) in [6, 6.07) is 13.6. The molecular formula is C20H22ClN5O. The second-order valence-corrected chi connectivity index (χ2v) is 6.59. The fraction of sp³-hybridized carbons (Fsp3) is 0.200. The summed E-state index contributed by atoms with van der Waals surface area (Å²) in [6.45, 7) is 0.733. The van der Waals surface area contributed by atoms with Gasteiger partial charge in [-0.05, 0) is 42.3 Å². The van der Waals surface area contributed by atoms with Gasteiger partial charge in [-0.15, -0.1) is 5.10 Å². The molecule has 0 spiro atoms. The molecule has 3 rings (SSSR count). The van der Waals surface area contributed by atoms with E-state index in [4.69, 9.17) is 22.1 Å². The van der Waals surface area contributed by atoms with Crippen LogP contribution < -0.4 is 10.5 Å². The topological polar surface area (TPSA) is 79.0 Å². The van der Waals surface area contributed by atoms with Gasteiger partial charge in [0, 0.05) is 41.3 Å². The lowest BCUT2D eigenvalue weighted by molar-refractivity contribution is 0.415. The molecule has 0 radical (unpaired) electrons. The minimum absolute atomic E-state index is 0.359. The predicted octanol–water partition coefficient (Wildman–Crippen LogP) is 3.65. The largest absolute Gasteiger partial charge is 0.497 e. The molecule has 7 heteroatoms. The van der Waals surface area contributed by atoms with Gasteiger partial charge in [0.1, 0.15) is 5.75 Å². The van der Waals surface area contributed by atoms with Crippen molar-refractivity contribution in [1.82, 2.24) is 9.88 Å². The van der Waals surface area contributed by atoms with Crippen molar-refractivity contribution in [2.24, 2.45) is 15.9 Å². The monoisotopic (exact) mass is 383 g/mol. The molecule has 0 saturated carbocycles. The third kappa shape index (κ3) is 4.80. The number of methoxy groups -OCH3 is 1. The molecule has 0 fully saturated rings. The molecule has 0 bridgehead atoms. The lowest BCUT2D eigenvalue weighted by atomic mass is 10.1. The molecule has 0 aliphatic carbocycles. The van der Waals surface area contributed by atoms with Crippen LogP contribution in [0.3, 0.4) is 0 Å². The van der Waals surface area contributed by atoms with E-state index in [0.717, 1.165) is 40.2 Å². The predicted molar refractivity (Wildman–Crippen MR) is 112 cm³/mol. The molecule has 0 unspecified atom stereocenters. The third-order valence-electron chi connectivity index (χ3n) is 4.32. The number of fused-ring (bicyclic) bond motifs is 1. The molecule has 0 aliphatic rings. The van der Waals surface area contributed by atoms with Crippen LogP contribution in [0.15, 0.2) is 58.9 Å². The Balaban J connectivity index is 1.63. The summed E-state index contributed by atoms with van der Waals surface area (Å²) < 4.78 is 5.27. The maximum atomic E-state index is 6.02. The number of ether oxygens (including phenoxy) is 1. The van der Waals surface area contributed by atoms with Crippen molar-refractivity contribution in [1.29, 1.82) is 0 Å². The summed E-state index contributed by atoms with van der Waals surface area (Å²) in [5, 5.41) is 9.97. The highest BCUT2D eigenvalue weighted by molar-refractivity contribution is 6.30. The van der Waals surface area contributed by atoms with Crippen LogP contribution in [0.2, 0.25) is 5.02 Å². The SMILES string of the molecule is COc1ccc2[nH]cc(/C=N/N=C(/N)N(C)CCc3ccc(Cl)cc3)c2c1. The van der Waals surface area contributed by atoms with E-state index in [1.54, 1.807) is 13.3 Å². The first kappa shape index (κ1) is 18.8. The van der Waals surface area contributed by atoms with Crippen LogP contribution in [-0.2, 0) is 6.42 Å².